The Hall–Kier alpha value is -2.25. The summed E-state index contributed by atoms with van der Waals surface area (Å²) in [7, 11) is -7.84. The normalized spacial score (nSPS) is 20.0. The molecule has 0 bridgehead atoms. The third-order valence-electron chi connectivity index (χ3n) is 6.58. The summed E-state index contributed by atoms with van der Waals surface area (Å²) in [5.41, 5.74) is 0.0832. The number of nitrogens with one attached hydrogen (secondary N) is 1. The monoisotopic (exact) mass is 569 g/mol. The summed E-state index contributed by atoms with van der Waals surface area (Å²) in [6.07, 6.45) is 3.23. The molecule has 3 aliphatic rings. The first-order valence-electron chi connectivity index (χ1n) is 12.0. The van der Waals surface area contributed by atoms with Crippen LogP contribution in [0, 0.1) is 17.7 Å². The maximum atomic E-state index is 14.1. The maximum Gasteiger partial charge on any atom is 1.00 e. The molecule has 2 aromatic carbocycles. The number of rotatable bonds is 8. The summed E-state index contributed by atoms with van der Waals surface area (Å²) < 4.78 is 67.0. The number of nitrogens with zero attached hydrogens (tertiary/aromatic N) is 2. The van der Waals surface area contributed by atoms with Gasteiger partial charge in [0.15, 0.2) is 15.6 Å². The molecule has 0 spiro atoms. The van der Waals surface area contributed by atoms with Crippen LogP contribution in [-0.2, 0) is 24.7 Å². The Kier molecular flexibility index (Phi) is 8.11. The predicted molar refractivity (Wildman–Crippen MR) is 136 cm³/mol. The Balaban J connectivity index is 0.00000336. The number of amides is 1. The Labute approximate surface area is 243 Å². The van der Waals surface area contributed by atoms with Crippen molar-refractivity contribution in [1.82, 2.24) is 0 Å². The Morgan fingerprint density at radius 1 is 1.13 bits per heavy atom. The largest absolute Gasteiger partial charge is 1.00 e. The summed E-state index contributed by atoms with van der Waals surface area (Å²) in [6, 6.07) is 7.48. The van der Waals surface area contributed by atoms with Gasteiger partial charge in [-0.25, -0.2) is 21.2 Å². The second kappa shape index (κ2) is 10.7. The summed E-state index contributed by atoms with van der Waals surface area (Å²) in [4.78, 5) is 28.1. The quantitative estimate of drug-likeness (QED) is 0.376. The Morgan fingerprint density at radius 3 is 2.55 bits per heavy atom. The van der Waals surface area contributed by atoms with Gasteiger partial charge in [0.2, 0.25) is 15.9 Å². The van der Waals surface area contributed by atoms with Crippen LogP contribution >= 0.6 is 0 Å². The van der Waals surface area contributed by atoms with Crippen molar-refractivity contribution in [1.29, 1.82) is 0 Å². The van der Waals surface area contributed by atoms with Gasteiger partial charge in [-0.2, -0.15) is 0 Å². The zero-order chi connectivity index (χ0) is 26.5. The molecule has 1 amide bonds. The van der Waals surface area contributed by atoms with Crippen molar-refractivity contribution in [3.8, 4) is 0 Å². The molecule has 2 aromatic rings. The molecule has 0 aromatic heterocycles. The van der Waals surface area contributed by atoms with Gasteiger partial charge in [-0.1, -0.05) is 25.8 Å². The van der Waals surface area contributed by atoms with Crippen LogP contribution in [0.15, 0.2) is 52.4 Å². The van der Waals surface area contributed by atoms with E-state index in [4.69, 9.17) is 0 Å². The second-order valence-electron chi connectivity index (χ2n) is 9.48. The van der Waals surface area contributed by atoms with Crippen LogP contribution in [0.4, 0.5) is 21.5 Å². The van der Waals surface area contributed by atoms with E-state index in [1.165, 1.54) is 29.2 Å². The summed E-state index contributed by atoms with van der Waals surface area (Å²) in [6.45, 7) is 2.03. The molecular weight excluding hydrogens is 544 g/mol. The van der Waals surface area contributed by atoms with Gasteiger partial charge in [0.1, 0.15) is 11.7 Å². The van der Waals surface area contributed by atoms with E-state index in [1.807, 2.05) is 0 Å². The molecular formula is C25H25FN3NaO6S2. The van der Waals surface area contributed by atoms with E-state index in [9.17, 15) is 30.8 Å². The molecule has 1 fully saturated rings. The van der Waals surface area contributed by atoms with E-state index in [0.29, 0.717) is 24.6 Å². The first-order valence-corrected chi connectivity index (χ1v) is 15.2. The van der Waals surface area contributed by atoms with Gasteiger partial charge in [0.25, 0.3) is 0 Å². The number of benzene rings is 2. The fourth-order valence-electron chi connectivity index (χ4n) is 4.61. The van der Waals surface area contributed by atoms with E-state index >= 15 is 0 Å². The average Bonchev–Trinajstić information content (AvgIpc) is 3.64. The number of sulfone groups is 1. The van der Waals surface area contributed by atoms with Crippen molar-refractivity contribution >= 4 is 48.6 Å². The zero-order valence-corrected chi connectivity index (χ0v) is 24.6. The fraction of sp³-hybridized carbons (Fsp3) is 0.360. The van der Waals surface area contributed by atoms with Gasteiger partial charge in [0.05, 0.1) is 16.3 Å². The molecule has 0 radical (unpaired) electrons. The summed E-state index contributed by atoms with van der Waals surface area (Å²) in [5, 5.41) is 5.09. The number of halogens is 1. The van der Waals surface area contributed by atoms with E-state index in [1.54, 1.807) is 6.92 Å². The molecule has 1 N–H and O–H groups in total. The van der Waals surface area contributed by atoms with E-state index in [-0.39, 0.29) is 62.8 Å². The number of hydrogen-bond acceptors (Lipinski definition) is 6. The molecule has 196 valence electrons. The van der Waals surface area contributed by atoms with Crippen molar-refractivity contribution < 1.29 is 60.4 Å². The SMILES string of the molecule is CCCS(=O)(=O)Nc1ccc2c(c1)S(=O)(=O)C=C(C1C(=O)c3cc(F)ccc3N(CCC3CC3)C1=O)[N-]2.[Na+]. The summed E-state index contributed by atoms with van der Waals surface area (Å²) in [5.74, 6) is -3.16. The topological polar surface area (TPSA) is 132 Å². The number of anilines is 2. The number of fused-ring (bicyclic) bond motifs is 2. The number of ketones is 1. The van der Waals surface area contributed by atoms with Gasteiger partial charge in [-0.05, 0) is 49.1 Å². The number of Topliss-reactive ketones (excluding diaryl/α,β-unsaturated/α-hetero) is 1. The molecule has 2 heterocycles. The molecule has 1 atom stereocenters. The molecule has 1 unspecified atom stereocenters. The number of hydrogen-bond donors (Lipinski definition) is 1. The van der Waals surface area contributed by atoms with Crippen molar-refractivity contribution in [3.63, 3.8) is 0 Å². The van der Waals surface area contributed by atoms with Gasteiger partial charge in [-0.3, -0.25) is 14.3 Å². The summed E-state index contributed by atoms with van der Waals surface area (Å²) >= 11 is 0. The van der Waals surface area contributed by atoms with E-state index in [2.05, 4.69) is 10.0 Å². The smallest absolute Gasteiger partial charge is 0.659 e. The van der Waals surface area contributed by atoms with Crippen molar-refractivity contribution in [2.24, 2.45) is 11.8 Å². The molecule has 13 heteroatoms. The number of carbonyl (C=O) groups is 2. The number of carbonyl (C=O) groups excluding carboxylic acids is 2. The van der Waals surface area contributed by atoms with Crippen LogP contribution in [0.5, 0.6) is 0 Å². The van der Waals surface area contributed by atoms with Crippen LogP contribution < -0.4 is 39.2 Å². The third kappa shape index (κ3) is 5.69. The van der Waals surface area contributed by atoms with Crippen LogP contribution in [-0.4, -0.2) is 40.8 Å². The van der Waals surface area contributed by atoms with Gasteiger partial charge >= 0.3 is 29.6 Å². The minimum absolute atomic E-state index is 0. The Bertz CT molecular complexity index is 1550. The molecule has 5 rings (SSSR count). The molecule has 0 saturated heterocycles. The number of sulfonamides is 1. The molecule has 38 heavy (non-hydrogen) atoms. The fourth-order valence-corrected chi connectivity index (χ4v) is 7.07. The van der Waals surface area contributed by atoms with E-state index in [0.717, 1.165) is 36.8 Å². The molecule has 1 saturated carbocycles. The van der Waals surface area contributed by atoms with Crippen molar-refractivity contribution in [2.75, 3.05) is 21.9 Å². The predicted octanol–water partition coefficient (Wildman–Crippen LogP) is 1.26. The molecule has 1 aliphatic carbocycles. The van der Waals surface area contributed by atoms with Crippen LogP contribution in [0.1, 0.15) is 43.0 Å². The molecule has 9 nitrogen and oxygen atoms in total. The maximum absolute atomic E-state index is 14.1. The first kappa shape index (κ1) is 28.8. The third-order valence-corrected chi connectivity index (χ3v) is 9.57. The molecule has 2 aliphatic heterocycles. The minimum atomic E-state index is -4.18. The standard InChI is InChI=1S/C25H25FN3O6S2.Na/c1-2-11-37(34,35)28-17-6-7-19-22(13-17)36(32,33)14-20(27-19)23-24(30)18-12-16(26)5-8-21(18)29(25(23)31)10-9-15-3-4-15;/h5-8,12-15,23,28H,2-4,9-11H2,1H3;/q-1;+1. The van der Waals surface area contributed by atoms with Gasteiger partial charge in [-0.15, -0.1) is 11.4 Å². The second-order valence-corrected chi connectivity index (χ2v) is 13.1. The van der Waals surface area contributed by atoms with Crippen LogP contribution in [0.25, 0.3) is 5.32 Å². The van der Waals surface area contributed by atoms with Crippen LogP contribution in [0.2, 0.25) is 0 Å². The Morgan fingerprint density at radius 2 is 1.87 bits per heavy atom. The van der Waals surface area contributed by atoms with Crippen LogP contribution in [0.3, 0.4) is 0 Å². The average molecular weight is 570 g/mol. The van der Waals surface area contributed by atoms with E-state index < -0.39 is 43.3 Å². The van der Waals surface area contributed by atoms with Gasteiger partial charge < -0.3 is 10.2 Å². The minimum Gasteiger partial charge on any atom is -0.659 e. The van der Waals surface area contributed by atoms with Crippen molar-refractivity contribution in [3.05, 3.63) is 64.2 Å². The first-order chi connectivity index (χ1) is 17.5. The van der Waals surface area contributed by atoms with Crippen molar-refractivity contribution in [2.45, 2.75) is 37.5 Å². The zero-order valence-electron chi connectivity index (χ0n) is 21.0. The van der Waals surface area contributed by atoms with Gasteiger partial charge in [0, 0.05) is 23.2 Å².